The molecule has 3 nitrogen and oxygen atoms in total. The third-order valence-corrected chi connectivity index (χ3v) is 5.28. The average molecular weight is 434 g/mol. The largest absolute Gasteiger partial charge is 0.416 e. The number of thioether (sulfide) groups is 1. The fraction of sp³-hybridized carbons (Fsp3) is 0.176. The quantitative estimate of drug-likeness (QED) is 0.385. The van der Waals surface area contributed by atoms with Gasteiger partial charge in [0.1, 0.15) is 11.6 Å². The molecule has 0 atom stereocenters. The molecule has 0 amide bonds. The third kappa shape index (κ3) is 4.72. The molecule has 0 spiro atoms. The number of nitrogens with one attached hydrogen (secondary N) is 1. The van der Waals surface area contributed by atoms with E-state index in [1.807, 2.05) is 0 Å². The van der Waals surface area contributed by atoms with Gasteiger partial charge >= 0.3 is 6.18 Å². The van der Waals surface area contributed by atoms with Gasteiger partial charge in [0.25, 0.3) is 0 Å². The molecule has 0 unspecified atom stereocenters. The number of aromatic nitrogens is 3. The molecule has 0 radical (unpaired) electrons. The fourth-order valence-corrected chi connectivity index (χ4v) is 3.92. The number of hydrogen-bond donors (Lipinski definition) is 1. The molecule has 142 valence electrons. The van der Waals surface area contributed by atoms with Gasteiger partial charge in [-0.05, 0) is 48.1 Å². The van der Waals surface area contributed by atoms with E-state index in [-0.39, 0.29) is 10.5 Å². The molecule has 27 heavy (non-hydrogen) atoms. The van der Waals surface area contributed by atoms with E-state index in [1.54, 1.807) is 6.07 Å². The van der Waals surface area contributed by atoms with Gasteiger partial charge in [-0.25, -0.2) is 4.39 Å². The van der Waals surface area contributed by atoms with Gasteiger partial charge in [-0.15, -0.1) is 11.8 Å². The van der Waals surface area contributed by atoms with Gasteiger partial charge in [-0.2, -0.15) is 18.3 Å². The summed E-state index contributed by atoms with van der Waals surface area (Å²) < 4.78 is 53.7. The van der Waals surface area contributed by atoms with Crippen LogP contribution in [0, 0.1) is 10.6 Å². The van der Waals surface area contributed by atoms with E-state index in [1.165, 1.54) is 40.6 Å². The molecular weight excluding hydrogens is 422 g/mol. The molecule has 0 saturated heterocycles. The summed E-state index contributed by atoms with van der Waals surface area (Å²) in [4.78, 5) is 0. The van der Waals surface area contributed by atoms with Crippen molar-refractivity contribution in [1.29, 1.82) is 0 Å². The molecule has 10 heteroatoms. The number of rotatable bonds is 5. The molecule has 3 rings (SSSR count). The summed E-state index contributed by atoms with van der Waals surface area (Å²) in [6, 6.07) is 9.02. The number of alkyl halides is 3. The highest BCUT2D eigenvalue weighted by atomic mass is 35.5. The van der Waals surface area contributed by atoms with Crippen LogP contribution in [0.2, 0.25) is 5.02 Å². The minimum atomic E-state index is -4.45. The molecule has 1 N–H and O–H groups in total. The third-order valence-electron chi connectivity index (χ3n) is 3.68. The van der Waals surface area contributed by atoms with Gasteiger partial charge in [0.05, 0.1) is 17.0 Å². The van der Waals surface area contributed by atoms with Crippen LogP contribution in [0.15, 0.2) is 42.5 Å². The van der Waals surface area contributed by atoms with Crippen molar-refractivity contribution >= 4 is 35.6 Å². The molecule has 0 aliphatic rings. The lowest BCUT2D eigenvalue weighted by Crippen LogP contribution is -2.07. The number of halogens is 5. The first-order valence-electron chi connectivity index (χ1n) is 7.61. The lowest BCUT2D eigenvalue weighted by atomic mass is 10.2. The van der Waals surface area contributed by atoms with E-state index >= 15 is 0 Å². The van der Waals surface area contributed by atoms with Crippen LogP contribution in [-0.4, -0.2) is 14.8 Å². The molecule has 1 heterocycles. The smallest absolute Gasteiger partial charge is 0.271 e. The van der Waals surface area contributed by atoms with Gasteiger partial charge in [-0.3, -0.25) is 9.67 Å². The van der Waals surface area contributed by atoms with E-state index in [4.69, 9.17) is 23.8 Å². The van der Waals surface area contributed by atoms with Crippen LogP contribution in [0.5, 0.6) is 0 Å². The van der Waals surface area contributed by atoms with Crippen molar-refractivity contribution < 1.29 is 17.6 Å². The standard InChI is InChI=1S/C17H12ClF4N3S2/c18-14-7-12(19)5-4-10(14)8-27-9-15-23-24-16(26)25(15)13-3-1-2-11(6-13)17(20,21)22/h1-7H,8-9H2,(H,24,26). The van der Waals surface area contributed by atoms with Crippen molar-refractivity contribution in [2.75, 3.05) is 0 Å². The van der Waals surface area contributed by atoms with Gasteiger partial charge in [0, 0.05) is 10.8 Å². The Balaban J connectivity index is 1.80. The zero-order valence-corrected chi connectivity index (χ0v) is 15.9. The molecule has 0 saturated carbocycles. The predicted molar refractivity (Wildman–Crippen MR) is 100 cm³/mol. The first-order chi connectivity index (χ1) is 12.8. The lowest BCUT2D eigenvalue weighted by molar-refractivity contribution is -0.137. The van der Waals surface area contributed by atoms with Gasteiger partial charge in [0.15, 0.2) is 4.77 Å². The van der Waals surface area contributed by atoms with Crippen molar-refractivity contribution in [1.82, 2.24) is 14.8 Å². The lowest BCUT2D eigenvalue weighted by Gasteiger charge is -2.11. The molecule has 0 aliphatic carbocycles. The van der Waals surface area contributed by atoms with E-state index < -0.39 is 17.6 Å². The van der Waals surface area contributed by atoms with Crippen molar-refractivity contribution in [2.45, 2.75) is 17.7 Å². The van der Waals surface area contributed by atoms with Crippen LogP contribution < -0.4 is 0 Å². The first-order valence-corrected chi connectivity index (χ1v) is 9.55. The second-order valence-corrected chi connectivity index (χ2v) is 7.34. The number of hydrogen-bond acceptors (Lipinski definition) is 3. The maximum absolute atomic E-state index is 13.1. The molecular formula is C17H12ClF4N3S2. The molecule has 2 aromatic carbocycles. The molecule has 0 bridgehead atoms. The van der Waals surface area contributed by atoms with E-state index in [0.717, 1.165) is 17.7 Å². The summed E-state index contributed by atoms with van der Waals surface area (Å²) in [7, 11) is 0. The molecule has 3 aromatic rings. The minimum absolute atomic E-state index is 0.199. The number of H-pyrrole nitrogens is 1. The van der Waals surface area contributed by atoms with Crippen LogP contribution in [0.25, 0.3) is 5.69 Å². The number of aromatic amines is 1. The van der Waals surface area contributed by atoms with Crippen LogP contribution in [0.1, 0.15) is 17.0 Å². The summed E-state index contributed by atoms with van der Waals surface area (Å²) in [6.07, 6.45) is -4.45. The SMILES string of the molecule is Fc1ccc(CSCc2n[nH]c(=S)n2-c2cccc(C(F)(F)F)c2)c(Cl)c1. The zero-order chi connectivity index (χ0) is 19.6. The molecule has 0 fully saturated rings. The minimum Gasteiger partial charge on any atom is -0.271 e. The highest BCUT2D eigenvalue weighted by molar-refractivity contribution is 7.97. The summed E-state index contributed by atoms with van der Waals surface area (Å²) >= 11 is 12.6. The topological polar surface area (TPSA) is 33.6 Å². The summed E-state index contributed by atoms with van der Waals surface area (Å²) in [5.74, 6) is 0.917. The van der Waals surface area contributed by atoms with Crippen LogP contribution in [-0.2, 0) is 17.7 Å². The van der Waals surface area contributed by atoms with Gasteiger partial charge in [0.2, 0.25) is 0 Å². The van der Waals surface area contributed by atoms with Crippen LogP contribution >= 0.6 is 35.6 Å². The first kappa shape index (κ1) is 19.9. The van der Waals surface area contributed by atoms with E-state index in [9.17, 15) is 17.6 Å². The monoisotopic (exact) mass is 433 g/mol. The highest BCUT2D eigenvalue weighted by Crippen LogP contribution is 2.31. The Morgan fingerprint density at radius 3 is 2.63 bits per heavy atom. The van der Waals surface area contributed by atoms with Crippen molar-refractivity contribution in [3.8, 4) is 5.69 Å². The summed E-state index contributed by atoms with van der Waals surface area (Å²) in [5, 5.41) is 7.03. The van der Waals surface area contributed by atoms with Crippen molar-refractivity contribution in [2.24, 2.45) is 0 Å². The van der Waals surface area contributed by atoms with E-state index in [0.29, 0.717) is 22.4 Å². The van der Waals surface area contributed by atoms with Crippen molar-refractivity contribution in [3.05, 3.63) is 75.0 Å². The summed E-state index contributed by atoms with van der Waals surface area (Å²) in [6.45, 7) is 0. The maximum Gasteiger partial charge on any atom is 0.416 e. The van der Waals surface area contributed by atoms with Crippen LogP contribution in [0.4, 0.5) is 17.6 Å². The molecule has 1 aromatic heterocycles. The normalized spacial score (nSPS) is 11.7. The number of benzene rings is 2. The second kappa shape index (κ2) is 8.04. The average Bonchev–Trinajstić information content (AvgIpc) is 2.97. The molecule has 0 aliphatic heterocycles. The highest BCUT2D eigenvalue weighted by Gasteiger charge is 2.30. The Labute approximate surface area is 166 Å². The number of nitrogens with zero attached hydrogens (tertiary/aromatic N) is 2. The maximum atomic E-state index is 13.1. The summed E-state index contributed by atoms with van der Waals surface area (Å²) in [5.41, 5.74) is 0.265. The Bertz CT molecular complexity index is 1010. The second-order valence-electron chi connectivity index (χ2n) is 5.56. The van der Waals surface area contributed by atoms with Gasteiger partial charge in [-0.1, -0.05) is 23.7 Å². The fourth-order valence-electron chi connectivity index (χ4n) is 2.41. The van der Waals surface area contributed by atoms with Gasteiger partial charge < -0.3 is 0 Å². The zero-order valence-electron chi connectivity index (χ0n) is 13.6. The predicted octanol–water partition coefficient (Wildman–Crippen LogP) is 6.17. The Kier molecular flexibility index (Phi) is 5.92. The van der Waals surface area contributed by atoms with E-state index in [2.05, 4.69) is 10.2 Å². The Morgan fingerprint density at radius 1 is 1.15 bits per heavy atom. The Morgan fingerprint density at radius 2 is 1.93 bits per heavy atom. The van der Waals surface area contributed by atoms with Crippen LogP contribution in [0.3, 0.4) is 0 Å². The Hall–Kier alpha value is -1.84. The van der Waals surface area contributed by atoms with Crippen molar-refractivity contribution in [3.63, 3.8) is 0 Å².